The van der Waals surface area contributed by atoms with Crippen molar-refractivity contribution in [2.75, 3.05) is 0 Å². The van der Waals surface area contributed by atoms with Crippen molar-refractivity contribution >= 4 is 11.1 Å². The highest BCUT2D eigenvalue weighted by atomic mass is 19.3. The summed E-state index contributed by atoms with van der Waals surface area (Å²) in [6.07, 6.45) is -6.68. The molecule has 2 rings (SSSR count). The zero-order valence-corrected chi connectivity index (χ0v) is 8.66. The van der Waals surface area contributed by atoms with E-state index in [1.807, 2.05) is 0 Å². The van der Waals surface area contributed by atoms with E-state index in [2.05, 4.69) is 9.40 Å². The lowest BCUT2D eigenvalue weighted by molar-refractivity contribution is -0.193. The van der Waals surface area contributed by atoms with E-state index < -0.39 is 29.8 Å². The number of rotatable bonds is 3. The molecule has 0 saturated carbocycles. The molecule has 0 aliphatic heterocycles. The predicted octanol–water partition coefficient (Wildman–Crippen LogP) is 2.05. The van der Waals surface area contributed by atoms with E-state index in [-0.39, 0.29) is 11.1 Å². The number of aliphatic hydroxyl groups is 1. The standard InChI is InChI=1S/C10H7F4NO3/c11-8(12)10(13,14)7(16)4-1-2-5-6(3-4)18-9(17)15-5/h1-3,7-8,16H,(H,15,17). The highest BCUT2D eigenvalue weighted by molar-refractivity contribution is 5.72. The second-order valence-corrected chi connectivity index (χ2v) is 3.65. The van der Waals surface area contributed by atoms with Gasteiger partial charge in [0.15, 0.2) is 5.58 Å². The average molecular weight is 265 g/mol. The Labute approximate surface area is 96.8 Å². The number of fused-ring (bicyclic) bond motifs is 1. The molecule has 8 heteroatoms. The van der Waals surface area contributed by atoms with Gasteiger partial charge in [-0.05, 0) is 17.7 Å². The molecule has 0 saturated heterocycles. The second kappa shape index (κ2) is 4.13. The van der Waals surface area contributed by atoms with Gasteiger partial charge < -0.3 is 9.52 Å². The van der Waals surface area contributed by atoms with Gasteiger partial charge in [0.25, 0.3) is 0 Å². The molecule has 0 bridgehead atoms. The van der Waals surface area contributed by atoms with Crippen LogP contribution < -0.4 is 5.76 Å². The van der Waals surface area contributed by atoms with Crippen LogP contribution >= 0.6 is 0 Å². The minimum atomic E-state index is -4.58. The van der Waals surface area contributed by atoms with Crippen LogP contribution in [0.25, 0.3) is 11.1 Å². The van der Waals surface area contributed by atoms with Crippen molar-refractivity contribution in [2.24, 2.45) is 0 Å². The Morgan fingerprint density at radius 3 is 2.61 bits per heavy atom. The predicted molar refractivity (Wildman–Crippen MR) is 52.7 cm³/mol. The first-order chi connectivity index (χ1) is 8.32. The maximum atomic E-state index is 12.9. The highest BCUT2D eigenvalue weighted by Gasteiger charge is 2.48. The Hall–Kier alpha value is -1.83. The summed E-state index contributed by atoms with van der Waals surface area (Å²) in [5.41, 5.74) is -0.339. The fourth-order valence-corrected chi connectivity index (χ4v) is 1.47. The third kappa shape index (κ3) is 1.99. The fraction of sp³-hybridized carbons (Fsp3) is 0.300. The van der Waals surface area contributed by atoms with Crippen molar-refractivity contribution in [2.45, 2.75) is 18.5 Å². The summed E-state index contributed by atoms with van der Waals surface area (Å²) in [6, 6.07) is 3.10. The molecule has 2 N–H and O–H groups in total. The lowest BCUT2D eigenvalue weighted by Gasteiger charge is -2.21. The van der Waals surface area contributed by atoms with Crippen molar-refractivity contribution in [3.8, 4) is 0 Å². The van der Waals surface area contributed by atoms with Crippen LogP contribution in [0.4, 0.5) is 17.6 Å². The number of nitrogens with one attached hydrogen (secondary N) is 1. The maximum Gasteiger partial charge on any atom is 0.417 e. The number of oxazole rings is 1. The minimum absolute atomic E-state index is 0.0957. The van der Waals surface area contributed by atoms with Gasteiger partial charge >= 0.3 is 18.1 Å². The number of H-pyrrole nitrogens is 1. The molecular formula is C10H7F4NO3. The van der Waals surface area contributed by atoms with Gasteiger partial charge in [-0.3, -0.25) is 4.98 Å². The van der Waals surface area contributed by atoms with Gasteiger partial charge in [-0.1, -0.05) is 6.07 Å². The van der Waals surface area contributed by atoms with E-state index in [0.717, 1.165) is 12.1 Å². The summed E-state index contributed by atoms with van der Waals surface area (Å²) in [6.45, 7) is 0. The van der Waals surface area contributed by atoms with Gasteiger partial charge in [0.05, 0.1) is 5.52 Å². The first kappa shape index (κ1) is 12.6. The summed E-state index contributed by atoms with van der Waals surface area (Å²) in [7, 11) is 0. The molecule has 1 unspecified atom stereocenters. The summed E-state index contributed by atoms with van der Waals surface area (Å²) in [4.78, 5) is 13.1. The number of halogens is 4. The fourth-order valence-electron chi connectivity index (χ4n) is 1.47. The van der Waals surface area contributed by atoms with Gasteiger partial charge in [0.1, 0.15) is 6.10 Å². The van der Waals surface area contributed by atoms with Crippen LogP contribution in [0.3, 0.4) is 0 Å². The van der Waals surface area contributed by atoms with Gasteiger partial charge in [-0.25, -0.2) is 13.6 Å². The van der Waals surface area contributed by atoms with Crippen LogP contribution in [0.1, 0.15) is 11.7 Å². The highest BCUT2D eigenvalue weighted by Crippen LogP contribution is 2.37. The Balaban J connectivity index is 2.44. The molecule has 0 amide bonds. The second-order valence-electron chi connectivity index (χ2n) is 3.65. The van der Waals surface area contributed by atoms with Crippen LogP contribution in [0.5, 0.6) is 0 Å². The molecule has 2 aromatic rings. The molecule has 0 spiro atoms. The first-order valence-electron chi connectivity index (χ1n) is 4.79. The number of alkyl halides is 4. The summed E-state index contributed by atoms with van der Waals surface area (Å²) in [5, 5.41) is 9.22. The monoisotopic (exact) mass is 265 g/mol. The Morgan fingerprint density at radius 1 is 1.33 bits per heavy atom. The molecule has 98 valence electrons. The van der Waals surface area contributed by atoms with Crippen LogP contribution in [-0.2, 0) is 0 Å². The molecule has 0 aliphatic carbocycles. The molecule has 1 atom stereocenters. The van der Waals surface area contributed by atoms with E-state index in [9.17, 15) is 27.5 Å². The number of hydrogen-bond acceptors (Lipinski definition) is 3. The molecule has 0 fully saturated rings. The van der Waals surface area contributed by atoms with E-state index in [1.54, 1.807) is 0 Å². The number of aromatic nitrogens is 1. The zero-order valence-electron chi connectivity index (χ0n) is 8.66. The SMILES string of the molecule is O=c1[nH]c2ccc(C(O)C(F)(F)C(F)F)cc2o1. The molecule has 0 aliphatic rings. The number of aromatic amines is 1. The Morgan fingerprint density at radius 2 is 2.00 bits per heavy atom. The lowest BCUT2D eigenvalue weighted by Crippen LogP contribution is -2.34. The summed E-state index contributed by atoms with van der Waals surface area (Å²) in [5.74, 6) is -5.39. The molecule has 0 radical (unpaired) electrons. The van der Waals surface area contributed by atoms with Crippen molar-refractivity contribution < 1.29 is 27.1 Å². The zero-order chi connectivity index (χ0) is 13.5. The van der Waals surface area contributed by atoms with E-state index >= 15 is 0 Å². The topological polar surface area (TPSA) is 66.2 Å². The molecule has 1 aromatic carbocycles. The van der Waals surface area contributed by atoms with E-state index in [1.165, 1.54) is 6.07 Å². The number of benzene rings is 1. The van der Waals surface area contributed by atoms with Crippen molar-refractivity contribution in [1.29, 1.82) is 0 Å². The summed E-state index contributed by atoms with van der Waals surface area (Å²) < 4.78 is 54.6. The molecule has 4 nitrogen and oxygen atoms in total. The third-order valence-corrected chi connectivity index (χ3v) is 2.42. The largest absolute Gasteiger partial charge is 0.417 e. The Bertz CT molecular complexity index is 619. The number of hydrogen-bond donors (Lipinski definition) is 2. The van der Waals surface area contributed by atoms with Gasteiger partial charge in [-0.2, -0.15) is 8.78 Å². The molecule has 1 heterocycles. The first-order valence-corrected chi connectivity index (χ1v) is 4.79. The van der Waals surface area contributed by atoms with Gasteiger partial charge in [0, 0.05) is 0 Å². The quantitative estimate of drug-likeness (QED) is 0.835. The maximum absolute atomic E-state index is 12.9. The van der Waals surface area contributed by atoms with Crippen LogP contribution in [-0.4, -0.2) is 22.4 Å². The molecule has 1 aromatic heterocycles. The van der Waals surface area contributed by atoms with E-state index in [0.29, 0.717) is 0 Å². The molecular weight excluding hydrogens is 258 g/mol. The van der Waals surface area contributed by atoms with Crippen molar-refractivity contribution in [3.05, 3.63) is 34.3 Å². The molecule has 18 heavy (non-hydrogen) atoms. The lowest BCUT2D eigenvalue weighted by atomic mass is 10.0. The Kier molecular flexibility index (Phi) is 2.89. The van der Waals surface area contributed by atoms with Crippen LogP contribution in [0.2, 0.25) is 0 Å². The van der Waals surface area contributed by atoms with Crippen molar-refractivity contribution in [3.63, 3.8) is 0 Å². The van der Waals surface area contributed by atoms with Crippen LogP contribution in [0.15, 0.2) is 27.4 Å². The van der Waals surface area contributed by atoms with Gasteiger partial charge in [0.2, 0.25) is 0 Å². The number of aliphatic hydroxyl groups excluding tert-OH is 1. The van der Waals surface area contributed by atoms with E-state index in [4.69, 9.17) is 0 Å². The minimum Gasteiger partial charge on any atom is -0.408 e. The van der Waals surface area contributed by atoms with Crippen LogP contribution in [0, 0.1) is 0 Å². The third-order valence-electron chi connectivity index (χ3n) is 2.42. The normalized spacial score (nSPS) is 14.3. The van der Waals surface area contributed by atoms with Crippen molar-refractivity contribution in [1.82, 2.24) is 4.98 Å². The average Bonchev–Trinajstić information content (AvgIpc) is 2.66. The van der Waals surface area contributed by atoms with Gasteiger partial charge in [-0.15, -0.1) is 0 Å². The smallest absolute Gasteiger partial charge is 0.408 e. The summed E-state index contributed by atoms with van der Waals surface area (Å²) >= 11 is 0.